The van der Waals surface area contributed by atoms with E-state index in [1.807, 2.05) is 18.2 Å². The van der Waals surface area contributed by atoms with Crippen molar-refractivity contribution >= 4 is 16.5 Å². The number of rotatable bonds is 6. The topological polar surface area (TPSA) is 72.8 Å². The van der Waals surface area contributed by atoms with Crippen molar-refractivity contribution < 1.29 is 17.9 Å². The molecule has 0 radical (unpaired) electrons. The van der Waals surface area contributed by atoms with Gasteiger partial charge in [0.15, 0.2) is 11.6 Å². The van der Waals surface area contributed by atoms with Gasteiger partial charge in [-0.3, -0.25) is 4.98 Å². The van der Waals surface area contributed by atoms with Crippen molar-refractivity contribution in [2.45, 2.75) is 12.7 Å². The fourth-order valence-electron chi connectivity index (χ4n) is 1.86. The number of anilines is 1. The van der Waals surface area contributed by atoms with Crippen molar-refractivity contribution in [2.75, 3.05) is 11.9 Å². The molecule has 0 unspecified atom stereocenters. The van der Waals surface area contributed by atoms with Crippen LogP contribution >= 0.6 is 11.3 Å². The van der Waals surface area contributed by atoms with E-state index in [0.717, 1.165) is 5.69 Å². The van der Waals surface area contributed by atoms with E-state index >= 15 is 0 Å². The number of ether oxygens (including phenoxy) is 1. The molecule has 3 aromatic rings. The molecule has 1 N–H and O–H groups in total. The second kappa shape index (κ2) is 7.43. The van der Waals surface area contributed by atoms with E-state index in [-0.39, 0.29) is 5.88 Å². The molecule has 0 aliphatic carbocycles. The van der Waals surface area contributed by atoms with Gasteiger partial charge in [0, 0.05) is 25.0 Å². The minimum absolute atomic E-state index is 0.0805. The van der Waals surface area contributed by atoms with Gasteiger partial charge in [-0.15, -0.1) is 10.2 Å². The van der Waals surface area contributed by atoms with Crippen LogP contribution in [-0.2, 0) is 6.54 Å². The van der Waals surface area contributed by atoms with E-state index in [4.69, 9.17) is 0 Å². The highest BCUT2D eigenvalue weighted by atomic mass is 32.1. The smallest absolute Gasteiger partial charge is 0.422 e. The molecule has 0 aliphatic heterocycles. The lowest BCUT2D eigenvalue weighted by Gasteiger charge is -2.09. The van der Waals surface area contributed by atoms with Gasteiger partial charge in [-0.05, 0) is 23.8 Å². The number of pyridine rings is 2. The number of nitrogens with zero attached hydrogens (tertiary/aromatic N) is 4. The van der Waals surface area contributed by atoms with Gasteiger partial charge in [0.2, 0.25) is 11.0 Å². The first kappa shape index (κ1) is 17.1. The van der Waals surface area contributed by atoms with Crippen LogP contribution in [0, 0.1) is 0 Å². The molecule has 0 saturated heterocycles. The highest BCUT2D eigenvalue weighted by molar-refractivity contribution is 7.18. The maximum atomic E-state index is 12.2. The molecule has 0 saturated carbocycles. The standard InChI is InChI=1S/C15H12F3N5OS/c16-15(17,18)9-24-12-7-10(4-6-20-12)8-21-14-23-22-13(25-14)11-3-1-2-5-19-11/h1-7H,8-9H2,(H,21,23). The monoisotopic (exact) mass is 367 g/mol. The van der Waals surface area contributed by atoms with Crippen molar-refractivity contribution in [1.82, 2.24) is 20.2 Å². The molecule has 25 heavy (non-hydrogen) atoms. The van der Waals surface area contributed by atoms with Crippen LogP contribution in [0.25, 0.3) is 10.7 Å². The van der Waals surface area contributed by atoms with Gasteiger partial charge in [0.1, 0.15) is 5.69 Å². The van der Waals surface area contributed by atoms with Gasteiger partial charge < -0.3 is 10.1 Å². The van der Waals surface area contributed by atoms with E-state index in [1.54, 1.807) is 12.3 Å². The third kappa shape index (κ3) is 5.11. The van der Waals surface area contributed by atoms with Gasteiger partial charge in [-0.25, -0.2) is 4.98 Å². The molecule has 0 atom stereocenters. The van der Waals surface area contributed by atoms with Crippen molar-refractivity contribution in [3.8, 4) is 16.6 Å². The Bertz CT molecular complexity index is 825. The predicted octanol–water partition coefficient (Wildman–Crippen LogP) is 3.55. The average Bonchev–Trinajstić information content (AvgIpc) is 3.08. The zero-order valence-corrected chi connectivity index (χ0v) is 13.5. The lowest BCUT2D eigenvalue weighted by molar-refractivity contribution is -0.154. The molecule has 3 aromatic heterocycles. The Morgan fingerprint density at radius 2 is 1.96 bits per heavy atom. The van der Waals surface area contributed by atoms with Crippen LogP contribution in [0.3, 0.4) is 0 Å². The lowest BCUT2D eigenvalue weighted by atomic mass is 10.2. The molecule has 6 nitrogen and oxygen atoms in total. The van der Waals surface area contributed by atoms with E-state index in [1.165, 1.54) is 23.6 Å². The Hall–Kier alpha value is -2.75. The third-order valence-electron chi connectivity index (χ3n) is 2.94. The van der Waals surface area contributed by atoms with Crippen LogP contribution in [0.2, 0.25) is 0 Å². The summed E-state index contributed by atoms with van der Waals surface area (Å²) in [6.45, 7) is -1.03. The Balaban J connectivity index is 1.60. The molecule has 0 aromatic carbocycles. The van der Waals surface area contributed by atoms with Gasteiger partial charge in [0.05, 0.1) is 0 Å². The van der Waals surface area contributed by atoms with Crippen LogP contribution in [0.1, 0.15) is 5.56 Å². The summed E-state index contributed by atoms with van der Waals surface area (Å²) in [4.78, 5) is 7.95. The number of hydrogen-bond acceptors (Lipinski definition) is 7. The zero-order chi connectivity index (χ0) is 17.7. The Kier molecular flexibility index (Phi) is 5.08. The van der Waals surface area contributed by atoms with Crippen LogP contribution < -0.4 is 10.1 Å². The Morgan fingerprint density at radius 1 is 1.08 bits per heavy atom. The number of aromatic nitrogens is 4. The summed E-state index contributed by atoms with van der Waals surface area (Å²) in [6, 6.07) is 8.62. The first-order valence-corrected chi connectivity index (χ1v) is 7.94. The summed E-state index contributed by atoms with van der Waals surface area (Å²) in [5.41, 5.74) is 1.43. The number of nitrogens with one attached hydrogen (secondary N) is 1. The quantitative estimate of drug-likeness (QED) is 0.718. The van der Waals surface area contributed by atoms with E-state index in [0.29, 0.717) is 22.2 Å². The second-order valence-electron chi connectivity index (χ2n) is 4.89. The lowest BCUT2D eigenvalue weighted by Crippen LogP contribution is -2.19. The first-order chi connectivity index (χ1) is 12.0. The van der Waals surface area contributed by atoms with Crippen molar-refractivity contribution in [1.29, 1.82) is 0 Å². The second-order valence-corrected chi connectivity index (χ2v) is 5.86. The minimum Gasteiger partial charge on any atom is -0.468 e. The van der Waals surface area contributed by atoms with Gasteiger partial charge in [-0.1, -0.05) is 17.4 Å². The van der Waals surface area contributed by atoms with Crippen molar-refractivity contribution in [2.24, 2.45) is 0 Å². The molecule has 0 spiro atoms. The molecular weight excluding hydrogens is 355 g/mol. The van der Waals surface area contributed by atoms with Crippen LogP contribution in [0.4, 0.5) is 18.3 Å². The van der Waals surface area contributed by atoms with Gasteiger partial charge >= 0.3 is 6.18 Å². The normalized spacial score (nSPS) is 11.3. The highest BCUT2D eigenvalue weighted by Crippen LogP contribution is 2.25. The summed E-state index contributed by atoms with van der Waals surface area (Å²) in [7, 11) is 0. The number of hydrogen-bond donors (Lipinski definition) is 1. The van der Waals surface area contributed by atoms with Crippen molar-refractivity contribution in [3.05, 3.63) is 48.3 Å². The minimum atomic E-state index is -4.40. The van der Waals surface area contributed by atoms with Gasteiger partial charge in [0.25, 0.3) is 0 Å². The van der Waals surface area contributed by atoms with Crippen molar-refractivity contribution in [3.63, 3.8) is 0 Å². The van der Waals surface area contributed by atoms with E-state index in [2.05, 4.69) is 30.2 Å². The third-order valence-corrected chi connectivity index (χ3v) is 3.84. The van der Waals surface area contributed by atoms with Crippen LogP contribution in [0.15, 0.2) is 42.7 Å². The summed E-state index contributed by atoms with van der Waals surface area (Å²) in [5, 5.41) is 12.4. The molecular formula is C15H12F3N5OS. The number of halogens is 3. The summed E-state index contributed by atoms with van der Waals surface area (Å²) in [5.74, 6) is -0.0805. The largest absolute Gasteiger partial charge is 0.468 e. The molecule has 10 heteroatoms. The summed E-state index contributed by atoms with van der Waals surface area (Å²) < 4.78 is 41.1. The number of alkyl halides is 3. The highest BCUT2D eigenvalue weighted by Gasteiger charge is 2.28. The molecule has 0 aliphatic rings. The van der Waals surface area contributed by atoms with E-state index < -0.39 is 12.8 Å². The van der Waals surface area contributed by atoms with Crippen LogP contribution in [-0.4, -0.2) is 32.9 Å². The fourth-order valence-corrected chi connectivity index (χ4v) is 2.58. The molecule has 0 bridgehead atoms. The average molecular weight is 367 g/mol. The molecule has 3 rings (SSSR count). The van der Waals surface area contributed by atoms with Gasteiger partial charge in [-0.2, -0.15) is 13.2 Å². The Morgan fingerprint density at radius 3 is 2.72 bits per heavy atom. The first-order valence-electron chi connectivity index (χ1n) is 7.13. The summed E-state index contributed by atoms with van der Waals surface area (Å²) >= 11 is 1.33. The summed E-state index contributed by atoms with van der Waals surface area (Å²) in [6.07, 6.45) is -1.34. The fraction of sp³-hybridized carbons (Fsp3) is 0.200. The van der Waals surface area contributed by atoms with Crippen LogP contribution in [0.5, 0.6) is 5.88 Å². The predicted molar refractivity (Wildman–Crippen MR) is 86.3 cm³/mol. The molecule has 0 amide bonds. The maximum Gasteiger partial charge on any atom is 0.422 e. The zero-order valence-electron chi connectivity index (χ0n) is 12.7. The molecule has 130 valence electrons. The molecule has 0 fully saturated rings. The Labute approximate surface area is 144 Å². The van der Waals surface area contributed by atoms with E-state index in [9.17, 15) is 13.2 Å². The SMILES string of the molecule is FC(F)(F)COc1cc(CNc2nnc(-c3ccccn3)s2)ccn1. The molecule has 3 heterocycles. The maximum absolute atomic E-state index is 12.2.